The molecule has 2 aromatic rings. The van der Waals surface area contributed by atoms with Gasteiger partial charge in [0.05, 0.1) is 6.10 Å². The summed E-state index contributed by atoms with van der Waals surface area (Å²) in [7, 11) is 0. The summed E-state index contributed by atoms with van der Waals surface area (Å²) in [6.07, 6.45) is 1.26. The third kappa shape index (κ3) is 5.55. The molecule has 0 saturated heterocycles. The molecule has 0 bridgehead atoms. The van der Waals surface area contributed by atoms with E-state index in [1.165, 1.54) is 11.1 Å². The van der Waals surface area contributed by atoms with E-state index in [-0.39, 0.29) is 19.1 Å². The molecule has 1 amide bonds. The van der Waals surface area contributed by atoms with Crippen molar-refractivity contribution < 1.29 is 14.6 Å². The minimum Gasteiger partial charge on any atom is -0.483 e. The van der Waals surface area contributed by atoms with Gasteiger partial charge in [0, 0.05) is 26.2 Å². The Morgan fingerprint density at radius 3 is 2.74 bits per heavy atom. The van der Waals surface area contributed by atoms with Gasteiger partial charge in [-0.2, -0.15) is 0 Å². The van der Waals surface area contributed by atoms with Crippen LogP contribution in [0, 0.1) is 0 Å². The lowest BCUT2D eigenvalue weighted by Crippen LogP contribution is -2.42. The Morgan fingerprint density at radius 1 is 1.19 bits per heavy atom. The number of para-hydroxylation sites is 1. The maximum Gasteiger partial charge on any atom is 0.258 e. The fraction of sp³-hybridized carbons (Fsp3) is 0.409. The van der Waals surface area contributed by atoms with Crippen LogP contribution in [0.5, 0.6) is 5.75 Å². The Hall–Kier alpha value is -2.37. The number of fused-ring (bicyclic) bond motifs is 1. The fourth-order valence-corrected chi connectivity index (χ4v) is 3.44. The quantitative estimate of drug-likeness (QED) is 0.750. The van der Waals surface area contributed by atoms with Crippen molar-refractivity contribution in [2.24, 2.45) is 0 Å². The van der Waals surface area contributed by atoms with Gasteiger partial charge >= 0.3 is 0 Å². The summed E-state index contributed by atoms with van der Waals surface area (Å²) < 4.78 is 5.61. The number of aliphatic hydroxyl groups excluding tert-OH is 1. The predicted molar refractivity (Wildman–Crippen MR) is 106 cm³/mol. The first-order chi connectivity index (χ1) is 13.2. The van der Waals surface area contributed by atoms with Crippen molar-refractivity contribution in [3.63, 3.8) is 0 Å². The molecular weight excluding hydrogens is 340 g/mol. The highest BCUT2D eigenvalue weighted by atomic mass is 16.5. The molecule has 0 aromatic heterocycles. The minimum absolute atomic E-state index is 0.0409. The van der Waals surface area contributed by atoms with Crippen LogP contribution >= 0.6 is 0 Å². The third-order valence-electron chi connectivity index (χ3n) is 4.93. The highest BCUT2D eigenvalue weighted by Crippen LogP contribution is 2.19. The Morgan fingerprint density at radius 2 is 1.93 bits per heavy atom. The number of rotatable bonds is 8. The monoisotopic (exact) mass is 368 g/mol. The number of ether oxygens (including phenoxy) is 1. The first-order valence-electron chi connectivity index (χ1n) is 9.60. The standard InChI is InChI=1S/C22H28N2O3/c1-2-17-7-5-6-10-21(17)27-16-22(26)23-13-20(25)15-24-12-11-18-8-3-4-9-19(18)14-24/h3-10,20,25H,2,11-16H2,1H3,(H,23,26)/t20-/m1/s1. The maximum atomic E-state index is 12.0. The molecule has 3 rings (SSSR count). The van der Waals surface area contributed by atoms with E-state index in [2.05, 4.69) is 41.4 Å². The van der Waals surface area contributed by atoms with E-state index in [1.54, 1.807) is 0 Å². The Labute approximate surface area is 161 Å². The summed E-state index contributed by atoms with van der Waals surface area (Å²) in [5, 5.41) is 13.0. The summed E-state index contributed by atoms with van der Waals surface area (Å²) in [6.45, 7) is 4.57. The Balaban J connectivity index is 1.39. The van der Waals surface area contributed by atoms with E-state index < -0.39 is 6.10 Å². The van der Waals surface area contributed by atoms with Crippen molar-refractivity contribution in [1.29, 1.82) is 0 Å². The van der Waals surface area contributed by atoms with E-state index in [0.717, 1.165) is 37.2 Å². The van der Waals surface area contributed by atoms with Crippen LogP contribution in [0.4, 0.5) is 0 Å². The number of carbonyl (C=O) groups is 1. The van der Waals surface area contributed by atoms with Crippen LogP contribution in [0.2, 0.25) is 0 Å². The fourth-order valence-electron chi connectivity index (χ4n) is 3.44. The SMILES string of the molecule is CCc1ccccc1OCC(=O)NC[C@@H](O)CN1CCc2ccccc2C1. The summed E-state index contributed by atoms with van der Waals surface area (Å²) in [6, 6.07) is 16.1. The first-order valence-corrected chi connectivity index (χ1v) is 9.60. The van der Waals surface area contributed by atoms with Crippen LogP contribution in [-0.4, -0.2) is 48.3 Å². The number of benzene rings is 2. The van der Waals surface area contributed by atoms with Crippen LogP contribution in [0.3, 0.4) is 0 Å². The van der Waals surface area contributed by atoms with Gasteiger partial charge in [-0.25, -0.2) is 0 Å². The number of hydrogen-bond donors (Lipinski definition) is 2. The zero-order valence-corrected chi connectivity index (χ0v) is 15.9. The molecule has 144 valence electrons. The molecule has 1 heterocycles. The smallest absolute Gasteiger partial charge is 0.258 e. The predicted octanol–water partition coefficient (Wildman–Crippen LogP) is 2.16. The van der Waals surface area contributed by atoms with Crippen LogP contribution in [0.1, 0.15) is 23.6 Å². The Kier molecular flexibility index (Phi) is 6.85. The number of β-amino-alcohol motifs (C(OH)–C–C–N with tert-alkyl or cyclic N) is 1. The van der Waals surface area contributed by atoms with E-state index in [9.17, 15) is 9.90 Å². The average Bonchev–Trinajstić information content (AvgIpc) is 2.70. The zero-order chi connectivity index (χ0) is 19.1. The largest absolute Gasteiger partial charge is 0.483 e. The average molecular weight is 368 g/mol. The first kappa shape index (κ1) is 19.4. The molecule has 0 radical (unpaired) electrons. The van der Waals surface area contributed by atoms with Gasteiger partial charge in [-0.05, 0) is 35.6 Å². The van der Waals surface area contributed by atoms with Gasteiger partial charge in [0.15, 0.2) is 6.61 Å². The highest BCUT2D eigenvalue weighted by Gasteiger charge is 2.18. The van der Waals surface area contributed by atoms with E-state index in [1.807, 2.05) is 24.3 Å². The number of nitrogens with zero attached hydrogens (tertiary/aromatic N) is 1. The molecule has 5 heteroatoms. The molecule has 5 nitrogen and oxygen atoms in total. The van der Waals surface area contributed by atoms with Crippen LogP contribution in [0.25, 0.3) is 0 Å². The van der Waals surface area contributed by atoms with Gasteiger partial charge < -0.3 is 15.2 Å². The Bertz CT molecular complexity index is 763. The second-order valence-electron chi connectivity index (χ2n) is 6.96. The normalized spacial score (nSPS) is 15.0. The molecule has 0 fully saturated rings. The van der Waals surface area contributed by atoms with Crippen molar-refractivity contribution in [2.45, 2.75) is 32.4 Å². The summed E-state index contributed by atoms with van der Waals surface area (Å²) in [5.41, 5.74) is 3.79. The number of aliphatic hydroxyl groups is 1. The van der Waals surface area contributed by atoms with Gasteiger partial charge in [0.2, 0.25) is 0 Å². The second-order valence-corrected chi connectivity index (χ2v) is 6.96. The summed E-state index contributed by atoms with van der Waals surface area (Å²) >= 11 is 0. The van der Waals surface area contributed by atoms with Crippen molar-refractivity contribution in [3.05, 3.63) is 65.2 Å². The second kappa shape index (κ2) is 9.53. The van der Waals surface area contributed by atoms with E-state index in [4.69, 9.17) is 4.74 Å². The number of nitrogens with one attached hydrogen (secondary N) is 1. The third-order valence-corrected chi connectivity index (χ3v) is 4.93. The van der Waals surface area contributed by atoms with Crippen LogP contribution in [-0.2, 0) is 24.2 Å². The highest BCUT2D eigenvalue weighted by molar-refractivity contribution is 5.77. The lowest BCUT2D eigenvalue weighted by molar-refractivity contribution is -0.123. The molecular formula is C22H28N2O3. The molecule has 1 aliphatic heterocycles. The minimum atomic E-state index is -0.595. The zero-order valence-electron chi connectivity index (χ0n) is 15.9. The van der Waals surface area contributed by atoms with Gasteiger partial charge in [0.1, 0.15) is 5.75 Å². The number of aryl methyl sites for hydroxylation is 1. The van der Waals surface area contributed by atoms with Crippen molar-refractivity contribution in [3.8, 4) is 5.75 Å². The molecule has 2 aromatic carbocycles. The van der Waals surface area contributed by atoms with Crippen molar-refractivity contribution in [2.75, 3.05) is 26.2 Å². The molecule has 1 aliphatic rings. The molecule has 27 heavy (non-hydrogen) atoms. The molecule has 0 saturated carbocycles. The van der Waals surface area contributed by atoms with Crippen molar-refractivity contribution in [1.82, 2.24) is 10.2 Å². The van der Waals surface area contributed by atoms with Gasteiger partial charge in [0.25, 0.3) is 5.91 Å². The van der Waals surface area contributed by atoms with Crippen LogP contribution < -0.4 is 10.1 Å². The van der Waals surface area contributed by atoms with E-state index >= 15 is 0 Å². The molecule has 0 spiro atoms. The summed E-state index contributed by atoms with van der Waals surface area (Å²) in [5.74, 6) is 0.520. The lowest BCUT2D eigenvalue weighted by atomic mass is 10.00. The maximum absolute atomic E-state index is 12.0. The van der Waals surface area contributed by atoms with Gasteiger partial charge in [-0.3, -0.25) is 9.69 Å². The molecule has 0 unspecified atom stereocenters. The summed E-state index contributed by atoms with van der Waals surface area (Å²) in [4.78, 5) is 14.2. The number of carbonyl (C=O) groups excluding carboxylic acids is 1. The van der Waals surface area contributed by atoms with Gasteiger partial charge in [-0.1, -0.05) is 49.4 Å². The van der Waals surface area contributed by atoms with Crippen LogP contribution in [0.15, 0.2) is 48.5 Å². The van der Waals surface area contributed by atoms with E-state index in [0.29, 0.717) is 6.54 Å². The molecule has 0 aliphatic carbocycles. The molecule has 2 N–H and O–H groups in total. The number of hydrogen-bond acceptors (Lipinski definition) is 4. The molecule has 1 atom stereocenters. The van der Waals surface area contributed by atoms with Gasteiger partial charge in [-0.15, -0.1) is 0 Å². The van der Waals surface area contributed by atoms with Crippen molar-refractivity contribution >= 4 is 5.91 Å². The topological polar surface area (TPSA) is 61.8 Å². The lowest BCUT2D eigenvalue weighted by Gasteiger charge is -2.30. The number of amides is 1.